The molecule has 0 aromatic carbocycles. The second-order valence-corrected chi connectivity index (χ2v) is 13.1. The molecule has 0 aliphatic heterocycles. The summed E-state index contributed by atoms with van der Waals surface area (Å²) < 4.78 is 7.82. The Morgan fingerprint density at radius 1 is 1.27 bits per heavy atom. The first-order valence-corrected chi connectivity index (χ1v) is 15.6. The van der Waals surface area contributed by atoms with Crippen LogP contribution in [0.4, 0.5) is 0 Å². The van der Waals surface area contributed by atoms with Crippen molar-refractivity contribution in [3.8, 4) is 0 Å². The number of aliphatic imine (C=N–C) groups is 1. The number of methoxy groups -OCH3 is 1. The monoisotopic (exact) mass is 573 g/mol. The van der Waals surface area contributed by atoms with E-state index in [1.165, 1.54) is 47.1 Å². The summed E-state index contributed by atoms with van der Waals surface area (Å²) in [6.45, 7) is 16.9. The van der Waals surface area contributed by atoms with E-state index < -0.39 is 0 Å². The summed E-state index contributed by atoms with van der Waals surface area (Å²) in [5.41, 5.74) is 14.3. The van der Waals surface area contributed by atoms with Gasteiger partial charge in [-0.2, -0.15) is 0 Å². The lowest BCUT2D eigenvalue weighted by atomic mass is 9.72. The van der Waals surface area contributed by atoms with Crippen molar-refractivity contribution >= 4 is 17.3 Å². The molecule has 1 aromatic heterocycles. The molecule has 0 radical (unpaired) electrons. The average Bonchev–Trinajstić information content (AvgIpc) is 3.17. The Bertz CT molecular complexity index is 1360. The van der Waals surface area contributed by atoms with Crippen LogP contribution in [0, 0.1) is 18.3 Å². The van der Waals surface area contributed by atoms with Crippen molar-refractivity contribution in [1.82, 2.24) is 9.55 Å². The topological polar surface area (TPSA) is 39.4 Å². The lowest BCUT2D eigenvalue weighted by molar-refractivity contribution is 0.146. The fraction of sp³-hybridized carbons (Fsp3) is 0.528. The molecule has 2 unspecified atom stereocenters. The molecule has 0 saturated heterocycles. The van der Waals surface area contributed by atoms with Gasteiger partial charge in [-0.15, -0.1) is 17.3 Å². The standard InChI is InChI=1S/C36H48ClN3O/c1-25(2)21-38-27(4)35-28(5)40(24-39-35)22-31-19-32(36(6)16-10-13-33(37)20-36)17-26(3)18-34(31)30-12-9-8-11-29(14-15-30)23-41-7/h10,13,15,18-19,24,29,33H,1,8-9,11-12,14,16,20-23H2,2-7H3/b30-15-,38-27-/t29-,33?,36?/m0/s1. The lowest BCUT2D eigenvalue weighted by Crippen LogP contribution is -2.25. The van der Waals surface area contributed by atoms with Crippen LogP contribution in [0.15, 0.2) is 87.4 Å². The molecule has 4 nitrogen and oxygen atoms in total. The van der Waals surface area contributed by atoms with Gasteiger partial charge in [-0.05, 0) is 107 Å². The lowest BCUT2D eigenvalue weighted by Gasteiger charge is -2.33. The number of hydrogen-bond donors (Lipinski definition) is 0. The minimum atomic E-state index is -0.0588. The maximum absolute atomic E-state index is 6.67. The third kappa shape index (κ3) is 8.01. The van der Waals surface area contributed by atoms with E-state index in [0.717, 1.165) is 61.5 Å². The van der Waals surface area contributed by atoms with E-state index in [9.17, 15) is 0 Å². The second-order valence-electron chi connectivity index (χ2n) is 12.6. The zero-order valence-electron chi connectivity index (χ0n) is 26.0. The fourth-order valence-corrected chi connectivity index (χ4v) is 6.70. The number of hydrogen-bond acceptors (Lipinski definition) is 3. The third-order valence-corrected chi connectivity index (χ3v) is 8.99. The molecular formula is C36H48ClN3O. The van der Waals surface area contributed by atoms with Crippen molar-refractivity contribution < 1.29 is 4.74 Å². The normalized spacial score (nSPS) is 27.0. The molecule has 220 valence electrons. The van der Waals surface area contributed by atoms with Crippen molar-refractivity contribution in [2.24, 2.45) is 16.3 Å². The molecular weight excluding hydrogens is 526 g/mol. The van der Waals surface area contributed by atoms with Crippen molar-refractivity contribution in [1.29, 1.82) is 0 Å². The SMILES string of the molecule is C=C(C)C/N=C(/C)c1ncn(CC2=CC(C3(C)CC=CC(Cl)C3)=C=C(C)C=C2/C2=C\C[C@@H](COC)CCCC2)c1C. The predicted molar refractivity (Wildman–Crippen MR) is 174 cm³/mol. The van der Waals surface area contributed by atoms with Crippen LogP contribution in [0.5, 0.6) is 0 Å². The van der Waals surface area contributed by atoms with E-state index >= 15 is 0 Å². The van der Waals surface area contributed by atoms with Crippen LogP contribution in [0.25, 0.3) is 0 Å². The number of alkyl halides is 1. The Kier molecular flexibility index (Phi) is 10.7. The fourth-order valence-electron chi connectivity index (χ4n) is 6.26. The smallest absolute Gasteiger partial charge is 0.105 e. The van der Waals surface area contributed by atoms with E-state index in [4.69, 9.17) is 26.3 Å². The molecule has 0 bridgehead atoms. The highest BCUT2D eigenvalue weighted by Gasteiger charge is 2.33. The first kappa shape index (κ1) is 31.3. The van der Waals surface area contributed by atoms with Crippen LogP contribution < -0.4 is 0 Å². The molecule has 0 spiro atoms. The predicted octanol–water partition coefficient (Wildman–Crippen LogP) is 9.03. The van der Waals surface area contributed by atoms with Crippen molar-refractivity contribution in [2.45, 2.75) is 91.5 Å². The minimum Gasteiger partial charge on any atom is -0.384 e. The highest BCUT2D eigenvalue weighted by molar-refractivity contribution is 6.21. The third-order valence-electron chi connectivity index (χ3n) is 8.69. The van der Waals surface area contributed by atoms with Crippen LogP contribution in [0.2, 0.25) is 0 Å². The zero-order valence-corrected chi connectivity index (χ0v) is 26.8. The van der Waals surface area contributed by atoms with E-state index in [0.29, 0.717) is 12.5 Å². The summed E-state index contributed by atoms with van der Waals surface area (Å²) in [7, 11) is 1.82. The Morgan fingerprint density at radius 2 is 2.07 bits per heavy atom. The highest BCUT2D eigenvalue weighted by Crippen LogP contribution is 2.44. The number of ether oxygens (including phenoxy) is 1. The molecule has 4 rings (SSSR count). The van der Waals surface area contributed by atoms with E-state index in [1.54, 1.807) is 0 Å². The van der Waals surface area contributed by atoms with Gasteiger partial charge in [0.25, 0.3) is 0 Å². The largest absolute Gasteiger partial charge is 0.384 e. The summed E-state index contributed by atoms with van der Waals surface area (Å²) in [6.07, 6.45) is 21.3. The van der Waals surface area contributed by atoms with Crippen LogP contribution in [0.1, 0.15) is 84.0 Å². The van der Waals surface area contributed by atoms with E-state index in [1.807, 2.05) is 27.3 Å². The Balaban J connectivity index is 1.76. The van der Waals surface area contributed by atoms with Gasteiger partial charge in [-0.25, -0.2) is 4.98 Å². The quantitative estimate of drug-likeness (QED) is 0.128. The Hall–Kier alpha value is -2.65. The first-order chi connectivity index (χ1) is 19.6. The molecule has 0 fully saturated rings. The summed E-state index contributed by atoms with van der Waals surface area (Å²) >= 11 is 6.67. The van der Waals surface area contributed by atoms with Gasteiger partial charge in [0.05, 0.1) is 24.0 Å². The van der Waals surface area contributed by atoms with Crippen LogP contribution >= 0.6 is 11.6 Å². The first-order valence-electron chi connectivity index (χ1n) is 15.2. The Labute approximate surface area is 253 Å². The molecule has 3 atom stereocenters. The molecule has 3 aliphatic carbocycles. The van der Waals surface area contributed by atoms with E-state index in [-0.39, 0.29) is 10.8 Å². The molecule has 5 heteroatoms. The molecule has 0 amide bonds. The summed E-state index contributed by atoms with van der Waals surface area (Å²) in [4.78, 5) is 9.52. The maximum atomic E-state index is 6.67. The van der Waals surface area contributed by atoms with Crippen LogP contribution in [0.3, 0.4) is 0 Å². The molecule has 0 saturated carbocycles. The van der Waals surface area contributed by atoms with Crippen molar-refractivity contribution in [2.75, 3.05) is 20.3 Å². The number of aromatic nitrogens is 2. The maximum Gasteiger partial charge on any atom is 0.105 e. The molecule has 1 aromatic rings. The van der Waals surface area contributed by atoms with Crippen LogP contribution in [-0.4, -0.2) is 40.9 Å². The molecule has 0 N–H and O–H groups in total. The van der Waals surface area contributed by atoms with Crippen molar-refractivity contribution in [3.05, 3.63) is 93.8 Å². The molecule has 1 heterocycles. The van der Waals surface area contributed by atoms with E-state index in [2.05, 4.69) is 68.0 Å². The van der Waals surface area contributed by atoms with Gasteiger partial charge in [0, 0.05) is 36.9 Å². The number of rotatable bonds is 9. The number of halogens is 1. The van der Waals surface area contributed by atoms with Gasteiger partial charge in [-0.1, -0.05) is 43.7 Å². The zero-order chi connectivity index (χ0) is 29.6. The molecule has 41 heavy (non-hydrogen) atoms. The number of allylic oxidation sites excluding steroid dienone is 9. The van der Waals surface area contributed by atoms with Gasteiger partial charge in [-0.3, -0.25) is 4.99 Å². The van der Waals surface area contributed by atoms with Gasteiger partial charge in [0.15, 0.2) is 0 Å². The van der Waals surface area contributed by atoms with Gasteiger partial charge in [0.2, 0.25) is 0 Å². The summed E-state index contributed by atoms with van der Waals surface area (Å²) in [5.74, 6) is 0.577. The van der Waals surface area contributed by atoms with Gasteiger partial charge < -0.3 is 9.30 Å². The van der Waals surface area contributed by atoms with Gasteiger partial charge in [0.1, 0.15) is 5.69 Å². The number of nitrogens with zero attached hydrogens (tertiary/aromatic N) is 3. The summed E-state index contributed by atoms with van der Waals surface area (Å²) in [5, 5.41) is 0.0434. The Morgan fingerprint density at radius 3 is 2.80 bits per heavy atom. The second kappa shape index (κ2) is 14.0. The highest BCUT2D eigenvalue weighted by atomic mass is 35.5. The average molecular weight is 574 g/mol. The van der Waals surface area contributed by atoms with Gasteiger partial charge >= 0.3 is 0 Å². The van der Waals surface area contributed by atoms with Crippen LogP contribution in [-0.2, 0) is 11.3 Å². The van der Waals surface area contributed by atoms with Crippen molar-refractivity contribution in [3.63, 3.8) is 0 Å². The summed E-state index contributed by atoms with van der Waals surface area (Å²) in [6, 6.07) is 0. The number of imidazole rings is 1. The minimum absolute atomic E-state index is 0.0434. The molecule has 3 aliphatic rings.